The molecule has 1 aromatic carbocycles. The van der Waals surface area contributed by atoms with Crippen LogP contribution in [0.25, 0.3) is 0 Å². The molecule has 0 fully saturated rings. The predicted molar refractivity (Wildman–Crippen MR) is 83.3 cm³/mol. The van der Waals surface area contributed by atoms with Crippen molar-refractivity contribution in [2.24, 2.45) is 0 Å². The molecule has 4 nitrogen and oxygen atoms in total. The minimum absolute atomic E-state index is 0.321. The van der Waals surface area contributed by atoms with E-state index in [-0.39, 0.29) is 0 Å². The largest absolute Gasteiger partial charge is 0.491 e. The van der Waals surface area contributed by atoms with Gasteiger partial charge in [-0.3, -0.25) is 0 Å². The molecule has 0 aromatic heterocycles. The van der Waals surface area contributed by atoms with Gasteiger partial charge in [0.2, 0.25) is 0 Å². The Kier molecular flexibility index (Phi) is 8.26. The van der Waals surface area contributed by atoms with Crippen molar-refractivity contribution in [3.05, 3.63) is 29.8 Å². The van der Waals surface area contributed by atoms with Crippen LogP contribution >= 0.6 is 0 Å². The minimum Gasteiger partial charge on any atom is -0.491 e. The fourth-order valence-electron chi connectivity index (χ4n) is 1.93. The fourth-order valence-corrected chi connectivity index (χ4v) is 1.93. The number of ether oxygens (including phenoxy) is 1. The third-order valence-electron chi connectivity index (χ3n) is 3.34. The van der Waals surface area contributed by atoms with E-state index < -0.39 is 6.10 Å². The van der Waals surface area contributed by atoms with E-state index in [1.165, 1.54) is 5.56 Å². The first kappa shape index (κ1) is 17.0. The maximum Gasteiger partial charge on any atom is 0.119 e. The topological polar surface area (TPSA) is 44.7 Å². The normalized spacial score (nSPS) is 12.7. The Morgan fingerprint density at radius 3 is 2.45 bits per heavy atom. The van der Waals surface area contributed by atoms with E-state index in [0.717, 1.165) is 31.9 Å². The van der Waals surface area contributed by atoms with Crippen LogP contribution in [0, 0.1) is 6.92 Å². The van der Waals surface area contributed by atoms with Crippen LogP contribution in [0.2, 0.25) is 0 Å². The highest BCUT2D eigenvalue weighted by Crippen LogP contribution is 2.11. The summed E-state index contributed by atoms with van der Waals surface area (Å²) in [7, 11) is 0. The van der Waals surface area contributed by atoms with Crippen molar-refractivity contribution in [1.29, 1.82) is 0 Å². The van der Waals surface area contributed by atoms with Gasteiger partial charge in [0.05, 0.1) is 0 Å². The van der Waals surface area contributed by atoms with E-state index in [2.05, 4.69) is 24.1 Å². The Morgan fingerprint density at radius 1 is 1.20 bits per heavy atom. The van der Waals surface area contributed by atoms with Gasteiger partial charge in [0, 0.05) is 19.6 Å². The average Bonchev–Trinajstić information content (AvgIpc) is 2.47. The van der Waals surface area contributed by atoms with Gasteiger partial charge in [-0.05, 0) is 32.1 Å². The standard InChI is InChI=1S/C16H28N2O2/c1-4-18(5-2)11-10-17-12-15(19)13-20-16-8-6-14(3)7-9-16/h6-9,15,17,19H,4-5,10-13H2,1-3H3. The van der Waals surface area contributed by atoms with Crippen LogP contribution in [0.15, 0.2) is 24.3 Å². The maximum atomic E-state index is 9.84. The quantitative estimate of drug-likeness (QED) is 0.640. The number of aryl methyl sites for hydroxylation is 1. The van der Waals surface area contributed by atoms with Crippen LogP contribution in [0.1, 0.15) is 19.4 Å². The van der Waals surface area contributed by atoms with Gasteiger partial charge in [-0.25, -0.2) is 0 Å². The van der Waals surface area contributed by atoms with Gasteiger partial charge in [0.15, 0.2) is 0 Å². The highest BCUT2D eigenvalue weighted by Gasteiger charge is 2.05. The molecule has 0 aliphatic carbocycles. The maximum absolute atomic E-state index is 9.84. The number of likely N-dealkylation sites (N-methyl/N-ethyl adjacent to an activating group) is 1. The Morgan fingerprint density at radius 2 is 1.85 bits per heavy atom. The van der Waals surface area contributed by atoms with Crippen molar-refractivity contribution in [1.82, 2.24) is 10.2 Å². The molecular formula is C16H28N2O2. The number of hydrogen-bond acceptors (Lipinski definition) is 4. The second-order valence-electron chi connectivity index (χ2n) is 5.01. The van der Waals surface area contributed by atoms with Crippen molar-refractivity contribution in [2.45, 2.75) is 26.9 Å². The van der Waals surface area contributed by atoms with E-state index in [0.29, 0.717) is 13.2 Å². The molecule has 0 heterocycles. The van der Waals surface area contributed by atoms with E-state index in [9.17, 15) is 5.11 Å². The molecule has 0 saturated carbocycles. The van der Waals surface area contributed by atoms with Crippen molar-refractivity contribution < 1.29 is 9.84 Å². The summed E-state index contributed by atoms with van der Waals surface area (Å²) in [6, 6.07) is 7.86. The van der Waals surface area contributed by atoms with Crippen LogP contribution in [0.4, 0.5) is 0 Å². The van der Waals surface area contributed by atoms with E-state index in [1.807, 2.05) is 31.2 Å². The summed E-state index contributed by atoms with van der Waals surface area (Å²) in [6.45, 7) is 11.3. The minimum atomic E-state index is -0.479. The lowest BCUT2D eigenvalue weighted by Gasteiger charge is -2.19. The molecule has 0 aliphatic heterocycles. The number of nitrogens with one attached hydrogen (secondary N) is 1. The number of aliphatic hydroxyl groups is 1. The summed E-state index contributed by atoms with van der Waals surface area (Å²) < 4.78 is 5.54. The third-order valence-corrected chi connectivity index (χ3v) is 3.34. The molecule has 0 amide bonds. The van der Waals surface area contributed by atoms with Crippen LogP contribution in [-0.2, 0) is 0 Å². The molecule has 0 radical (unpaired) electrons. The van der Waals surface area contributed by atoms with Crippen LogP contribution in [0.3, 0.4) is 0 Å². The summed E-state index contributed by atoms with van der Waals surface area (Å²) in [4.78, 5) is 2.35. The fraction of sp³-hybridized carbons (Fsp3) is 0.625. The molecule has 1 unspecified atom stereocenters. The van der Waals surface area contributed by atoms with E-state index in [4.69, 9.17) is 4.74 Å². The molecule has 1 atom stereocenters. The first-order chi connectivity index (χ1) is 9.65. The second-order valence-corrected chi connectivity index (χ2v) is 5.01. The van der Waals surface area contributed by atoms with Crippen molar-refractivity contribution in [2.75, 3.05) is 39.3 Å². The average molecular weight is 280 g/mol. The van der Waals surface area contributed by atoms with Gasteiger partial charge in [-0.2, -0.15) is 0 Å². The number of rotatable bonds is 10. The molecular weight excluding hydrogens is 252 g/mol. The molecule has 1 rings (SSSR count). The zero-order chi connectivity index (χ0) is 14.8. The third kappa shape index (κ3) is 6.89. The molecule has 0 saturated heterocycles. The Hall–Kier alpha value is -1.10. The monoisotopic (exact) mass is 280 g/mol. The van der Waals surface area contributed by atoms with Gasteiger partial charge in [0.1, 0.15) is 18.5 Å². The Labute approximate surface area is 122 Å². The number of aliphatic hydroxyl groups excluding tert-OH is 1. The summed E-state index contributed by atoms with van der Waals surface area (Å²) >= 11 is 0. The SMILES string of the molecule is CCN(CC)CCNCC(O)COc1ccc(C)cc1. The van der Waals surface area contributed by atoms with E-state index >= 15 is 0 Å². The molecule has 0 bridgehead atoms. The lowest BCUT2D eigenvalue weighted by atomic mass is 10.2. The lowest BCUT2D eigenvalue weighted by Crippen LogP contribution is -2.37. The molecule has 114 valence electrons. The molecule has 0 aliphatic rings. The summed E-state index contributed by atoms with van der Waals surface area (Å²) in [5.41, 5.74) is 1.20. The second kappa shape index (κ2) is 9.75. The predicted octanol–water partition coefficient (Wildman–Crippen LogP) is 1.67. The van der Waals surface area contributed by atoms with E-state index in [1.54, 1.807) is 0 Å². The zero-order valence-corrected chi connectivity index (χ0v) is 12.9. The molecule has 2 N–H and O–H groups in total. The number of nitrogens with zero attached hydrogens (tertiary/aromatic N) is 1. The Balaban J connectivity index is 2.11. The van der Waals surface area contributed by atoms with Crippen molar-refractivity contribution in [3.63, 3.8) is 0 Å². The van der Waals surface area contributed by atoms with Crippen LogP contribution in [-0.4, -0.2) is 55.4 Å². The highest BCUT2D eigenvalue weighted by molar-refractivity contribution is 5.26. The van der Waals surface area contributed by atoms with Crippen molar-refractivity contribution >= 4 is 0 Å². The molecule has 20 heavy (non-hydrogen) atoms. The molecule has 0 spiro atoms. The first-order valence-corrected chi connectivity index (χ1v) is 7.46. The van der Waals surface area contributed by atoms with Crippen LogP contribution < -0.4 is 10.1 Å². The van der Waals surface area contributed by atoms with Crippen LogP contribution in [0.5, 0.6) is 5.75 Å². The van der Waals surface area contributed by atoms with Gasteiger partial charge < -0.3 is 20.1 Å². The zero-order valence-electron chi connectivity index (χ0n) is 12.9. The van der Waals surface area contributed by atoms with Gasteiger partial charge in [0.25, 0.3) is 0 Å². The molecule has 4 heteroatoms. The summed E-state index contributed by atoms with van der Waals surface area (Å²) in [5, 5.41) is 13.1. The van der Waals surface area contributed by atoms with Gasteiger partial charge in [-0.1, -0.05) is 31.5 Å². The summed E-state index contributed by atoms with van der Waals surface area (Å²) in [6.07, 6.45) is -0.479. The number of benzene rings is 1. The lowest BCUT2D eigenvalue weighted by molar-refractivity contribution is 0.106. The Bertz CT molecular complexity index is 350. The number of hydrogen-bond donors (Lipinski definition) is 2. The smallest absolute Gasteiger partial charge is 0.119 e. The van der Waals surface area contributed by atoms with Gasteiger partial charge in [-0.15, -0.1) is 0 Å². The van der Waals surface area contributed by atoms with Gasteiger partial charge >= 0.3 is 0 Å². The van der Waals surface area contributed by atoms with Crippen molar-refractivity contribution in [3.8, 4) is 5.75 Å². The summed E-state index contributed by atoms with van der Waals surface area (Å²) in [5.74, 6) is 0.804. The first-order valence-electron chi connectivity index (χ1n) is 7.46. The molecule has 1 aromatic rings. The highest BCUT2D eigenvalue weighted by atomic mass is 16.5.